The molecule has 0 amide bonds. The lowest BCUT2D eigenvalue weighted by molar-refractivity contribution is -1.09. The average Bonchev–Trinajstić information content (AvgIpc) is 3.00. The van der Waals surface area contributed by atoms with Crippen LogP contribution in [0, 0.1) is 0 Å². The van der Waals surface area contributed by atoms with Crippen LogP contribution >= 0.6 is 0 Å². The Kier molecular flexibility index (Phi) is 10.7. The second-order valence-corrected chi connectivity index (χ2v) is 15.2. The molecule has 0 spiro atoms. The molecular weight excluding hydrogens is 488 g/mol. The lowest BCUT2D eigenvalue weighted by Crippen LogP contribution is -2.74. The highest BCUT2D eigenvalue weighted by atomic mass is 15.5. The van der Waals surface area contributed by atoms with Crippen molar-refractivity contribution in [1.29, 1.82) is 0 Å². The van der Waals surface area contributed by atoms with Crippen LogP contribution in [0.3, 0.4) is 0 Å². The maximum Gasteiger partial charge on any atom is 0.129 e. The molecule has 4 bridgehead atoms. The molecule has 40 heavy (non-hydrogen) atoms. The van der Waals surface area contributed by atoms with Crippen molar-refractivity contribution in [2.75, 3.05) is 91.6 Å². The third-order valence-corrected chi connectivity index (χ3v) is 12.3. The van der Waals surface area contributed by atoms with Crippen LogP contribution in [0.5, 0.6) is 0 Å². The fraction of sp³-hybridized carbons (Fsp3) is 0.833. The van der Waals surface area contributed by atoms with E-state index in [4.69, 9.17) is 0 Å². The first-order valence-corrected chi connectivity index (χ1v) is 18.0. The van der Waals surface area contributed by atoms with Crippen LogP contribution < -0.4 is 0 Å². The van der Waals surface area contributed by atoms with Gasteiger partial charge in [-0.2, -0.15) is 0 Å². The molecule has 0 atom stereocenters. The molecule has 7 rings (SSSR count). The summed E-state index contributed by atoms with van der Waals surface area (Å²) >= 11 is 0. The molecule has 6 fully saturated rings. The molecule has 0 aromatic heterocycles. The van der Waals surface area contributed by atoms with Crippen molar-refractivity contribution in [3.8, 4) is 0 Å². The number of nitrogens with zero attached hydrogens (tertiary/aromatic N) is 4. The van der Waals surface area contributed by atoms with Gasteiger partial charge in [-0.05, 0) is 25.7 Å². The molecule has 226 valence electrons. The van der Waals surface area contributed by atoms with Crippen molar-refractivity contribution >= 4 is 0 Å². The summed E-state index contributed by atoms with van der Waals surface area (Å²) in [5.41, 5.74) is 3.18. The molecule has 4 nitrogen and oxygen atoms in total. The van der Waals surface area contributed by atoms with E-state index in [-0.39, 0.29) is 0 Å². The summed E-state index contributed by atoms with van der Waals surface area (Å²) in [6.07, 6.45) is 17.3. The highest BCUT2D eigenvalue weighted by Crippen LogP contribution is 2.32. The third kappa shape index (κ3) is 7.71. The summed E-state index contributed by atoms with van der Waals surface area (Å²) in [6, 6.07) is 10.0. The van der Waals surface area contributed by atoms with Crippen molar-refractivity contribution in [3.05, 3.63) is 35.4 Å². The van der Waals surface area contributed by atoms with Crippen molar-refractivity contribution in [2.45, 2.75) is 104 Å². The van der Waals surface area contributed by atoms with Gasteiger partial charge in [-0.25, -0.2) is 0 Å². The Morgan fingerprint density at radius 2 is 0.650 bits per heavy atom. The van der Waals surface area contributed by atoms with Gasteiger partial charge in [-0.15, -0.1) is 0 Å². The van der Waals surface area contributed by atoms with Crippen LogP contribution in [0.2, 0.25) is 0 Å². The van der Waals surface area contributed by atoms with Crippen molar-refractivity contribution < 1.29 is 17.9 Å². The molecule has 1 aromatic carbocycles. The topological polar surface area (TPSA) is 0 Å². The number of hydrogen-bond acceptors (Lipinski definition) is 0. The molecule has 0 radical (unpaired) electrons. The summed E-state index contributed by atoms with van der Waals surface area (Å²) in [6.45, 7) is 27.2. The molecule has 6 aliphatic rings. The molecule has 6 heterocycles. The Morgan fingerprint density at radius 3 is 0.975 bits per heavy atom. The van der Waals surface area contributed by atoms with Crippen LogP contribution in [0.25, 0.3) is 0 Å². The van der Waals surface area contributed by atoms with Crippen LogP contribution in [0.1, 0.15) is 102 Å². The minimum atomic E-state index is 1.27. The van der Waals surface area contributed by atoms with Crippen LogP contribution in [0.4, 0.5) is 0 Å². The van der Waals surface area contributed by atoms with E-state index in [0.29, 0.717) is 0 Å². The molecule has 6 saturated heterocycles. The van der Waals surface area contributed by atoms with E-state index < -0.39 is 0 Å². The maximum atomic E-state index is 2.51. The Balaban J connectivity index is 1.03. The minimum Gasteiger partial charge on any atom is -0.310 e. The Hall–Kier alpha value is -0.940. The zero-order valence-electron chi connectivity index (χ0n) is 26.9. The third-order valence-electron chi connectivity index (χ3n) is 12.3. The van der Waals surface area contributed by atoms with Gasteiger partial charge in [0.2, 0.25) is 0 Å². The largest absolute Gasteiger partial charge is 0.310 e. The molecule has 0 unspecified atom stereocenters. The molecule has 0 N–H and O–H groups in total. The Labute approximate surface area is 248 Å². The zero-order valence-corrected chi connectivity index (χ0v) is 26.9. The summed E-state index contributed by atoms with van der Waals surface area (Å²) < 4.78 is 5.64. The van der Waals surface area contributed by atoms with E-state index in [2.05, 4.69) is 38.1 Å². The molecule has 0 saturated carbocycles. The van der Waals surface area contributed by atoms with Gasteiger partial charge in [0, 0.05) is 11.1 Å². The van der Waals surface area contributed by atoms with E-state index in [1.165, 1.54) is 200 Å². The predicted molar refractivity (Wildman–Crippen MR) is 170 cm³/mol. The van der Waals surface area contributed by atoms with Crippen LogP contribution in [-0.2, 0) is 13.1 Å². The summed E-state index contributed by atoms with van der Waals surface area (Å²) in [4.78, 5) is 0. The molecular formula is C36H66N4+4. The molecule has 0 aliphatic carbocycles. The van der Waals surface area contributed by atoms with E-state index >= 15 is 0 Å². The highest BCUT2D eigenvalue weighted by Gasteiger charge is 2.49. The maximum absolute atomic E-state index is 2.51. The van der Waals surface area contributed by atoms with E-state index in [0.717, 1.165) is 0 Å². The number of quaternary nitrogens is 4. The molecule has 6 aliphatic heterocycles. The monoisotopic (exact) mass is 555 g/mol. The van der Waals surface area contributed by atoms with Gasteiger partial charge < -0.3 is 17.9 Å². The van der Waals surface area contributed by atoms with Crippen LogP contribution in [0.15, 0.2) is 24.3 Å². The lowest BCUT2D eigenvalue weighted by Gasteiger charge is -2.56. The summed E-state index contributed by atoms with van der Waals surface area (Å²) in [5, 5.41) is 0. The first-order chi connectivity index (χ1) is 19.5. The van der Waals surface area contributed by atoms with Crippen LogP contribution in [-0.4, -0.2) is 110 Å². The SMILES string of the molecule is CCCCCCCC[N+]12CC[N+](Cc3ccc(C[N+]45CC[N+](CCCCCCCC)(CC4)CC5)cc3)(CC1)CC2. The van der Waals surface area contributed by atoms with Gasteiger partial charge in [-0.3, -0.25) is 0 Å². The van der Waals surface area contributed by atoms with Gasteiger partial charge in [0.1, 0.15) is 91.6 Å². The average molecular weight is 555 g/mol. The lowest BCUT2D eigenvalue weighted by atomic mass is 10.0. The van der Waals surface area contributed by atoms with E-state index in [9.17, 15) is 0 Å². The van der Waals surface area contributed by atoms with Gasteiger partial charge in [-0.1, -0.05) is 89.5 Å². The smallest absolute Gasteiger partial charge is 0.129 e. The van der Waals surface area contributed by atoms with Gasteiger partial charge in [0.25, 0.3) is 0 Å². The first-order valence-electron chi connectivity index (χ1n) is 18.0. The molecule has 4 heteroatoms. The van der Waals surface area contributed by atoms with E-state index in [1.807, 2.05) is 0 Å². The Morgan fingerprint density at radius 1 is 0.375 bits per heavy atom. The summed E-state index contributed by atoms with van der Waals surface area (Å²) in [5.74, 6) is 0. The van der Waals surface area contributed by atoms with Gasteiger partial charge >= 0.3 is 0 Å². The number of fused-ring (bicyclic) bond motifs is 6. The summed E-state index contributed by atoms with van der Waals surface area (Å²) in [7, 11) is 0. The first kappa shape index (κ1) is 30.5. The minimum absolute atomic E-state index is 1.27. The number of rotatable bonds is 18. The fourth-order valence-corrected chi connectivity index (χ4v) is 9.01. The van der Waals surface area contributed by atoms with Crippen molar-refractivity contribution in [3.63, 3.8) is 0 Å². The zero-order chi connectivity index (χ0) is 27.8. The predicted octanol–water partition coefficient (Wildman–Crippen LogP) is 6.73. The number of unbranched alkanes of at least 4 members (excludes halogenated alkanes) is 10. The highest BCUT2D eigenvalue weighted by molar-refractivity contribution is 5.21. The second-order valence-electron chi connectivity index (χ2n) is 15.2. The van der Waals surface area contributed by atoms with E-state index in [1.54, 1.807) is 11.1 Å². The quantitative estimate of drug-likeness (QED) is 0.139. The number of piperazine rings is 6. The van der Waals surface area contributed by atoms with Gasteiger partial charge in [0.05, 0.1) is 13.1 Å². The van der Waals surface area contributed by atoms with Crippen molar-refractivity contribution in [2.24, 2.45) is 0 Å². The fourth-order valence-electron chi connectivity index (χ4n) is 9.01. The van der Waals surface area contributed by atoms with Gasteiger partial charge in [0.15, 0.2) is 0 Å². The number of hydrogen-bond donors (Lipinski definition) is 0. The number of benzene rings is 1. The normalized spacial score (nSPS) is 33.0. The van der Waals surface area contributed by atoms with Crippen molar-refractivity contribution in [1.82, 2.24) is 0 Å². The molecule has 1 aromatic rings. The second kappa shape index (κ2) is 14.0. The Bertz CT molecular complexity index is 771. The standard InChI is InChI=1S/C36H66N4/c1-3-5-7-9-11-13-19-37-21-27-39(28-22-37,29-23-37)33-35-15-17-36(18-16-35)34-40-30-24-38(25-31-40,26-32-40)20-14-12-10-8-6-4-2/h15-18H,3-14,19-34H2,1-2H3/q+4.